The van der Waals surface area contributed by atoms with Crippen molar-refractivity contribution in [3.63, 3.8) is 0 Å². The Labute approximate surface area is 769 Å². The van der Waals surface area contributed by atoms with Gasteiger partial charge in [0.05, 0.1) is 57.7 Å². The highest BCUT2D eigenvalue weighted by atomic mass is 19.4. The summed E-state index contributed by atoms with van der Waals surface area (Å²) in [6.07, 6.45) is -31.4. The molecule has 1 fully saturated rings. The number of halogens is 15. The van der Waals surface area contributed by atoms with Gasteiger partial charge in [-0.05, 0) is 245 Å². The fourth-order valence-electron chi connectivity index (χ4n) is 12.2. The molecule has 0 heterocycles. The molecule has 1 saturated carbocycles. The zero-order valence-corrected chi connectivity index (χ0v) is 77.6. The van der Waals surface area contributed by atoms with Gasteiger partial charge in [0.2, 0.25) is 0 Å². The molecule has 0 spiro atoms. The van der Waals surface area contributed by atoms with Crippen LogP contribution in [0, 0.1) is 59.2 Å². The summed E-state index contributed by atoms with van der Waals surface area (Å²) in [4.78, 5) is 127. The predicted octanol–water partition coefficient (Wildman–Crippen LogP) is 14.7. The van der Waals surface area contributed by atoms with Crippen molar-refractivity contribution in [1.29, 1.82) is 0 Å². The van der Waals surface area contributed by atoms with Crippen LogP contribution in [0.2, 0.25) is 0 Å². The van der Waals surface area contributed by atoms with Gasteiger partial charge in [0.25, 0.3) is 0 Å². The monoisotopic (exact) mass is 1950 g/mol. The highest BCUT2D eigenvalue weighted by molar-refractivity contribution is 5.92. The SMILES string of the molecule is CC(C)C(OC(=O)c1ccc(OC(=O)OC(C)(C)C)cc1)C(C(=O)[O-])C(F)(F)F.CC(C)C(OC(=O)c1ccc(OC(C)(C)C)cc1)C(C(=O)[O-])C(F)(F)F.CC(C)C(OC(=O)c1ccc(OC2(C)CCCC2)cc1)C(C(=O)[O-])C(F)(F)F.CCC(C)(C)Oc1ccc(C(=O)OC(C(C)C)C(C(=O)[O-])C(F)(F)F)cc1.COCOc1ccc(C(=O)OC(C(C)C)C(C(=O)[O-])C(F)(F)F)cc1. The minimum Gasteiger partial charge on any atom is -0.549 e. The second kappa shape index (κ2) is 50.7. The first-order valence-electron chi connectivity index (χ1n) is 41.6. The summed E-state index contributed by atoms with van der Waals surface area (Å²) in [5, 5.41) is 54.8. The molecule has 5 aromatic rings. The van der Waals surface area contributed by atoms with Crippen molar-refractivity contribution in [2.45, 2.75) is 254 Å². The van der Waals surface area contributed by atoms with E-state index in [0.29, 0.717) is 23.0 Å². The van der Waals surface area contributed by atoms with E-state index in [1.54, 1.807) is 32.9 Å². The topological polar surface area (TPSA) is 414 Å². The van der Waals surface area contributed by atoms with Gasteiger partial charge in [0.15, 0.2) is 6.79 Å². The van der Waals surface area contributed by atoms with E-state index in [4.69, 9.17) is 56.8 Å². The number of methoxy groups -OCH3 is 1. The first kappa shape index (κ1) is 119. The molecule has 135 heavy (non-hydrogen) atoms. The molecule has 756 valence electrons. The van der Waals surface area contributed by atoms with Crippen LogP contribution in [-0.2, 0) is 57.1 Å². The van der Waals surface area contributed by atoms with E-state index in [-0.39, 0.29) is 46.0 Å². The van der Waals surface area contributed by atoms with Gasteiger partial charge >= 0.3 is 66.9 Å². The van der Waals surface area contributed by atoms with Gasteiger partial charge in [-0.3, -0.25) is 0 Å². The average molecular weight is 1950 g/mol. The Hall–Kier alpha value is -11.8. The molecule has 0 radical (unpaired) electrons. The van der Waals surface area contributed by atoms with Crippen LogP contribution in [0.25, 0.3) is 0 Å². The lowest BCUT2D eigenvalue weighted by atomic mass is 9.92. The van der Waals surface area contributed by atoms with Gasteiger partial charge in [0.1, 0.15) is 111 Å². The molecule has 1 aliphatic rings. The van der Waals surface area contributed by atoms with E-state index in [1.807, 2.05) is 48.5 Å². The summed E-state index contributed by atoms with van der Waals surface area (Å²) < 4.78 is 257. The van der Waals surface area contributed by atoms with Gasteiger partial charge in [-0.25, -0.2) is 28.8 Å². The van der Waals surface area contributed by atoms with Crippen molar-refractivity contribution in [2.75, 3.05) is 13.9 Å². The molecule has 28 nitrogen and oxygen atoms in total. The molecular formula is C92H110F15O28-5. The van der Waals surface area contributed by atoms with E-state index in [1.165, 1.54) is 173 Å². The van der Waals surface area contributed by atoms with Crippen LogP contribution in [0.4, 0.5) is 70.7 Å². The third-order valence-electron chi connectivity index (χ3n) is 19.3. The molecule has 1 aliphatic carbocycles. The molecule has 0 aromatic heterocycles. The number of carbonyl (C=O) groups excluding carboxylic acids is 11. The molecular weight excluding hydrogens is 1840 g/mol. The highest BCUT2D eigenvalue weighted by Crippen LogP contribution is 2.41. The number of carboxylic acids is 5. The molecule has 0 amide bonds. The number of alkyl halides is 15. The Bertz CT molecular complexity index is 4640. The molecule has 0 bridgehead atoms. The molecule has 6 rings (SSSR count). The maximum Gasteiger partial charge on any atom is 0.514 e. The van der Waals surface area contributed by atoms with Crippen molar-refractivity contribution in [3.05, 3.63) is 149 Å². The van der Waals surface area contributed by atoms with Crippen LogP contribution in [-0.4, -0.2) is 164 Å². The Balaban J connectivity index is 0.000000571. The van der Waals surface area contributed by atoms with Crippen LogP contribution >= 0.6 is 0 Å². The Morgan fingerprint density at radius 2 is 0.556 bits per heavy atom. The first-order valence-corrected chi connectivity index (χ1v) is 41.6. The fourth-order valence-corrected chi connectivity index (χ4v) is 12.2. The molecule has 0 saturated heterocycles. The molecule has 10 atom stereocenters. The largest absolute Gasteiger partial charge is 0.549 e. The normalized spacial score (nSPS) is 15.2. The zero-order chi connectivity index (χ0) is 104. The van der Waals surface area contributed by atoms with E-state index in [2.05, 4.69) is 0 Å². The summed E-state index contributed by atoms with van der Waals surface area (Å²) in [5.74, 6) is -34.3. The van der Waals surface area contributed by atoms with Crippen LogP contribution < -0.4 is 49.2 Å². The van der Waals surface area contributed by atoms with Gasteiger partial charge in [-0.15, -0.1) is 0 Å². The number of hydrogen-bond acceptors (Lipinski definition) is 28. The maximum atomic E-state index is 13.1. The molecule has 0 N–H and O–H groups in total. The smallest absolute Gasteiger partial charge is 0.514 e. The average Bonchev–Trinajstić information content (AvgIpc) is 1.22. The lowest BCUT2D eigenvalue weighted by Crippen LogP contribution is -2.50. The van der Waals surface area contributed by atoms with Crippen molar-refractivity contribution < 1.29 is 201 Å². The number of ether oxygens (including phenoxy) is 12. The minimum absolute atomic E-state index is 0.00819. The molecule has 5 aromatic carbocycles. The number of rotatable bonds is 35. The molecule has 43 heteroatoms. The second-order valence-corrected chi connectivity index (χ2v) is 35.2. The minimum atomic E-state index is -5.15. The van der Waals surface area contributed by atoms with Crippen LogP contribution in [0.1, 0.15) is 222 Å². The van der Waals surface area contributed by atoms with E-state index in [9.17, 15) is 144 Å². The number of aliphatic carboxylic acids is 5. The van der Waals surface area contributed by atoms with Crippen molar-refractivity contribution >= 4 is 65.8 Å². The number of carbonyl (C=O) groups is 11. The van der Waals surface area contributed by atoms with Gasteiger partial charge in [-0.1, -0.05) is 76.2 Å². The standard InChI is InChI=1S/C20H25F3O5.C19H23F3O7.C19H25F3O5.C18H23F3O5.C16H19F3O6/c1-12(2)16(15(17(24)25)20(21,22)23)27-18(26)13-6-8-14(9-7-13)28-19(3)10-4-5-11-19;1-10(2)14(13(15(23)24)19(20,21)22)28-16(25)11-6-8-12(9-7-11)27-17(26)29-18(3,4)5;1-6-18(4,5)27-13-9-7-12(8-10-13)17(25)26-15(11(2)3)14(16(23)24)19(20,21)22;1-10(2)14(13(15(22)23)18(19,20)21)25-16(24)11-6-8-12(9-7-11)26-17(3,4)5;1-9(2)13(12(14(20)21)16(17,18)19)25-15(22)10-4-6-11(7-5-10)24-8-23-3/h6-9,12,15-16H,4-5,10-11H2,1-3H3,(H,24,25);6-10,13-14H,1-5H3,(H,23,24);7-11,14-15H,6H2,1-5H3,(H,23,24);6-10,13-14H,1-5H3,(H,22,23);4-7,9,12-13H,8H2,1-3H3,(H,20,21)/p-5. The van der Waals surface area contributed by atoms with E-state index < -0.39 is 203 Å². The second-order valence-electron chi connectivity index (χ2n) is 35.2. The Morgan fingerprint density at radius 1 is 0.333 bits per heavy atom. The lowest BCUT2D eigenvalue weighted by molar-refractivity contribution is -0.334. The van der Waals surface area contributed by atoms with E-state index in [0.717, 1.165) is 44.2 Å². The maximum absolute atomic E-state index is 13.1. The van der Waals surface area contributed by atoms with Gasteiger partial charge in [-0.2, -0.15) is 65.9 Å². The fraction of sp³-hybridized carbons (Fsp3) is 0.554. The Kier molecular flexibility index (Phi) is 44.8. The van der Waals surface area contributed by atoms with Crippen LogP contribution in [0.15, 0.2) is 121 Å². The first-order chi connectivity index (χ1) is 61.6. The van der Waals surface area contributed by atoms with Crippen LogP contribution in [0.5, 0.6) is 28.7 Å². The lowest BCUT2D eigenvalue weighted by Gasteiger charge is -2.32. The summed E-state index contributed by atoms with van der Waals surface area (Å²) in [5.41, 5.74) is -2.15. The van der Waals surface area contributed by atoms with Gasteiger partial charge in [0, 0.05) is 7.11 Å². The number of carboxylic acid groups (broad SMARTS) is 5. The summed E-state index contributed by atoms with van der Waals surface area (Å²) in [6.45, 7) is 31.4. The highest BCUT2D eigenvalue weighted by Gasteiger charge is 2.54. The third kappa shape index (κ3) is 40.7. The molecule has 10 unspecified atom stereocenters. The third-order valence-corrected chi connectivity index (χ3v) is 19.3. The predicted molar refractivity (Wildman–Crippen MR) is 437 cm³/mol. The molecule has 0 aliphatic heterocycles. The Morgan fingerprint density at radius 3 is 0.756 bits per heavy atom. The zero-order valence-electron chi connectivity index (χ0n) is 77.6. The van der Waals surface area contributed by atoms with Gasteiger partial charge < -0.3 is 106 Å². The number of hydrogen-bond donors (Lipinski definition) is 0. The number of benzene rings is 5. The summed E-state index contributed by atoms with van der Waals surface area (Å²) in [7, 11) is 1.42. The summed E-state index contributed by atoms with van der Waals surface area (Å²) >= 11 is 0. The van der Waals surface area contributed by atoms with Crippen molar-refractivity contribution in [1.82, 2.24) is 0 Å². The van der Waals surface area contributed by atoms with E-state index >= 15 is 0 Å². The number of esters is 5. The quantitative estimate of drug-likeness (QED) is 0.0119. The van der Waals surface area contributed by atoms with Crippen molar-refractivity contribution in [2.24, 2.45) is 59.2 Å². The van der Waals surface area contributed by atoms with Crippen LogP contribution in [0.3, 0.4) is 0 Å². The summed E-state index contributed by atoms with van der Waals surface area (Å²) in [6, 6.07) is 27.3. The van der Waals surface area contributed by atoms with Crippen molar-refractivity contribution in [3.8, 4) is 28.7 Å².